The van der Waals surface area contributed by atoms with Crippen LogP contribution in [0.1, 0.15) is 45.1 Å². The van der Waals surface area contributed by atoms with Gasteiger partial charge in [-0.2, -0.15) is 5.10 Å². The van der Waals surface area contributed by atoms with E-state index in [0.717, 1.165) is 32.1 Å². The molecule has 1 aromatic heterocycles. The number of aromatic nitrogens is 2. The molecule has 0 unspecified atom stereocenters. The smallest absolute Gasteiger partial charge is 0.191 e. The van der Waals surface area contributed by atoms with Crippen LogP contribution in [-0.2, 0) is 6.54 Å². The van der Waals surface area contributed by atoms with E-state index in [-0.39, 0.29) is 24.0 Å². The van der Waals surface area contributed by atoms with Gasteiger partial charge >= 0.3 is 0 Å². The van der Waals surface area contributed by atoms with Crippen LogP contribution in [0.2, 0.25) is 0 Å². The molecule has 5 nitrogen and oxygen atoms in total. The summed E-state index contributed by atoms with van der Waals surface area (Å²) in [5, 5.41) is 11.0. The SMILES string of the molecule is CCNC(=NCC1(CC)CCC1)NCCn1cc(C)cn1.I. The fraction of sp³-hybridized carbons (Fsp3) is 0.750. The Labute approximate surface area is 151 Å². The minimum absolute atomic E-state index is 0. The summed E-state index contributed by atoms with van der Waals surface area (Å²) in [6.07, 6.45) is 9.22. The van der Waals surface area contributed by atoms with Crippen LogP contribution in [0.15, 0.2) is 17.4 Å². The van der Waals surface area contributed by atoms with Crippen LogP contribution in [0.5, 0.6) is 0 Å². The summed E-state index contributed by atoms with van der Waals surface area (Å²) < 4.78 is 1.96. The molecule has 1 heterocycles. The maximum atomic E-state index is 4.78. The Kier molecular flexibility index (Phi) is 8.20. The number of rotatable bonds is 7. The highest BCUT2D eigenvalue weighted by Gasteiger charge is 2.34. The molecule has 6 heteroatoms. The van der Waals surface area contributed by atoms with Gasteiger partial charge in [-0.1, -0.05) is 13.3 Å². The van der Waals surface area contributed by atoms with Crippen molar-refractivity contribution in [3.8, 4) is 0 Å². The summed E-state index contributed by atoms with van der Waals surface area (Å²) in [5.74, 6) is 0.932. The fourth-order valence-electron chi connectivity index (χ4n) is 2.77. The number of aryl methyl sites for hydroxylation is 1. The lowest BCUT2D eigenvalue weighted by Gasteiger charge is -2.40. The number of hydrogen-bond donors (Lipinski definition) is 2. The minimum atomic E-state index is 0. The lowest BCUT2D eigenvalue weighted by Crippen LogP contribution is -2.41. The van der Waals surface area contributed by atoms with Crippen LogP contribution >= 0.6 is 24.0 Å². The van der Waals surface area contributed by atoms with Gasteiger partial charge < -0.3 is 10.6 Å². The molecule has 0 bridgehead atoms. The van der Waals surface area contributed by atoms with Crippen LogP contribution in [0.25, 0.3) is 0 Å². The van der Waals surface area contributed by atoms with E-state index in [1.165, 1.54) is 31.2 Å². The average Bonchev–Trinajstić information content (AvgIpc) is 2.83. The molecule has 0 amide bonds. The van der Waals surface area contributed by atoms with Crippen molar-refractivity contribution >= 4 is 29.9 Å². The zero-order valence-electron chi connectivity index (χ0n) is 14.1. The highest BCUT2D eigenvalue weighted by molar-refractivity contribution is 14.0. The maximum Gasteiger partial charge on any atom is 0.191 e. The van der Waals surface area contributed by atoms with Gasteiger partial charge in [0, 0.05) is 25.8 Å². The molecule has 0 atom stereocenters. The third kappa shape index (κ3) is 5.44. The predicted molar refractivity (Wildman–Crippen MR) is 103 cm³/mol. The van der Waals surface area contributed by atoms with E-state index < -0.39 is 0 Å². The van der Waals surface area contributed by atoms with E-state index in [1.54, 1.807) is 0 Å². The third-order valence-corrected chi connectivity index (χ3v) is 4.48. The summed E-state index contributed by atoms with van der Waals surface area (Å²) in [6, 6.07) is 0. The molecule has 0 saturated heterocycles. The molecule has 22 heavy (non-hydrogen) atoms. The first-order chi connectivity index (χ1) is 10.2. The molecule has 1 aliphatic rings. The zero-order valence-corrected chi connectivity index (χ0v) is 16.4. The van der Waals surface area contributed by atoms with Gasteiger partial charge in [0.25, 0.3) is 0 Å². The highest BCUT2D eigenvalue weighted by Crippen LogP contribution is 2.43. The molecular weight excluding hydrogens is 389 g/mol. The molecule has 1 fully saturated rings. The first kappa shape index (κ1) is 19.3. The molecule has 0 aromatic carbocycles. The first-order valence-corrected chi connectivity index (χ1v) is 8.19. The van der Waals surface area contributed by atoms with Crippen LogP contribution in [0.3, 0.4) is 0 Å². The van der Waals surface area contributed by atoms with E-state index in [2.05, 4.69) is 42.7 Å². The van der Waals surface area contributed by atoms with Gasteiger partial charge in [-0.3, -0.25) is 9.67 Å². The molecular formula is C16H30IN5. The largest absolute Gasteiger partial charge is 0.357 e. The van der Waals surface area contributed by atoms with Crippen molar-refractivity contribution in [2.75, 3.05) is 19.6 Å². The summed E-state index contributed by atoms with van der Waals surface area (Å²) >= 11 is 0. The van der Waals surface area contributed by atoms with Crippen LogP contribution < -0.4 is 10.6 Å². The molecule has 2 N–H and O–H groups in total. The number of nitrogens with zero attached hydrogens (tertiary/aromatic N) is 3. The molecule has 0 spiro atoms. The quantitative estimate of drug-likeness (QED) is 0.406. The Hall–Kier alpha value is -0.790. The minimum Gasteiger partial charge on any atom is -0.357 e. The van der Waals surface area contributed by atoms with E-state index in [4.69, 9.17) is 4.99 Å². The average molecular weight is 419 g/mol. The third-order valence-electron chi connectivity index (χ3n) is 4.48. The van der Waals surface area contributed by atoms with Crippen molar-refractivity contribution in [1.82, 2.24) is 20.4 Å². The lowest BCUT2D eigenvalue weighted by atomic mass is 9.67. The van der Waals surface area contributed by atoms with Gasteiger partial charge in [0.05, 0.1) is 12.7 Å². The fourth-order valence-corrected chi connectivity index (χ4v) is 2.77. The molecule has 1 saturated carbocycles. The Morgan fingerprint density at radius 1 is 1.36 bits per heavy atom. The van der Waals surface area contributed by atoms with E-state index >= 15 is 0 Å². The molecule has 126 valence electrons. The second-order valence-electron chi connectivity index (χ2n) is 6.11. The summed E-state index contributed by atoms with van der Waals surface area (Å²) in [7, 11) is 0. The van der Waals surface area contributed by atoms with Crippen molar-refractivity contribution in [2.24, 2.45) is 10.4 Å². The van der Waals surface area contributed by atoms with Crippen molar-refractivity contribution < 1.29 is 0 Å². The van der Waals surface area contributed by atoms with Gasteiger partial charge in [0.15, 0.2) is 5.96 Å². The van der Waals surface area contributed by atoms with Crippen molar-refractivity contribution in [3.05, 3.63) is 18.0 Å². The van der Waals surface area contributed by atoms with E-state index in [0.29, 0.717) is 5.41 Å². The Morgan fingerprint density at radius 3 is 2.64 bits per heavy atom. The van der Waals surface area contributed by atoms with Crippen LogP contribution in [-0.4, -0.2) is 35.4 Å². The predicted octanol–water partition coefficient (Wildman–Crippen LogP) is 2.94. The number of nitrogens with one attached hydrogen (secondary N) is 2. The van der Waals surface area contributed by atoms with Crippen LogP contribution in [0, 0.1) is 12.3 Å². The van der Waals surface area contributed by atoms with Crippen LogP contribution in [0.4, 0.5) is 0 Å². The van der Waals surface area contributed by atoms with Gasteiger partial charge in [0.1, 0.15) is 0 Å². The second-order valence-corrected chi connectivity index (χ2v) is 6.11. The lowest BCUT2D eigenvalue weighted by molar-refractivity contribution is 0.139. The molecule has 2 rings (SSSR count). The number of hydrogen-bond acceptors (Lipinski definition) is 2. The number of aliphatic imine (C=N–C) groups is 1. The second kappa shape index (κ2) is 9.37. The Balaban J connectivity index is 0.00000242. The van der Waals surface area contributed by atoms with Gasteiger partial charge in [-0.15, -0.1) is 24.0 Å². The van der Waals surface area contributed by atoms with E-state index in [1.807, 2.05) is 10.9 Å². The van der Waals surface area contributed by atoms with Crippen molar-refractivity contribution in [3.63, 3.8) is 0 Å². The normalized spacial score (nSPS) is 16.6. The first-order valence-electron chi connectivity index (χ1n) is 8.19. The molecule has 0 aliphatic heterocycles. The molecule has 1 aromatic rings. The Bertz CT molecular complexity index is 459. The topological polar surface area (TPSA) is 54.2 Å². The monoisotopic (exact) mass is 419 g/mol. The summed E-state index contributed by atoms with van der Waals surface area (Å²) in [6.45, 7) is 9.99. The van der Waals surface area contributed by atoms with Crippen molar-refractivity contribution in [1.29, 1.82) is 0 Å². The summed E-state index contributed by atoms with van der Waals surface area (Å²) in [4.78, 5) is 4.78. The highest BCUT2D eigenvalue weighted by atomic mass is 127. The van der Waals surface area contributed by atoms with Gasteiger partial charge in [-0.05, 0) is 44.1 Å². The summed E-state index contributed by atoms with van der Waals surface area (Å²) in [5.41, 5.74) is 1.67. The standard InChI is InChI=1S/C16H29N5.HI/c1-4-16(7-6-8-16)13-19-15(17-5-2)18-9-10-21-12-14(3)11-20-21;/h11-12H,4-10,13H2,1-3H3,(H2,17,18,19);1H. The van der Waals surface area contributed by atoms with E-state index in [9.17, 15) is 0 Å². The number of guanidine groups is 1. The number of halogens is 1. The van der Waals surface area contributed by atoms with Gasteiger partial charge in [-0.25, -0.2) is 0 Å². The van der Waals surface area contributed by atoms with Gasteiger partial charge in [0.2, 0.25) is 0 Å². The molecule has 0 radical (unpaired) electrons. The van der Waals surface area contributed by atoms with Crippen molar-refractivity contribution in [2.45, 2.75) is 53.0 Å². The maximum absolute atomic E-state index is 4.78. The zero-order chi connectivity index (χ0) is 15.1. The Morgan fingerprint density at radius 2 is 2.14 bits per heavy atom. The molecule has 1 aliphatic carbocycles.